The van der Waals surface area contributed by atoms with Gasteiger partial charge in [0, 0.05) is 18.7 Å². The van der Waals surface area contributed by atoms with Crippen molar-refractivity contribution < 1.29 is 14.3 Å². The highest BCUT2D eigenvalue weighted by atomic mass is 16.5. The Balaban J connectivity index is 1.58. The molecule has 0 bridgehead atoms. The lowest BCUT2D eigenvalue weighted by molar-refractivity contribution is -0.129. The second-order valence-corrected chi connectivity index (χ2v) is 6.11. The van der Waals surface area contributed by atoms with Gasteiger partial charge in [0.1, 0.15) is 18.4 Å². The van der Waals surface area contributed by atoms with Crippen molar-refractivity contribution in [1.82, 2.24) is 10.6 Å². The Kier molecular flexibility index (Phi) is 6.04. The van der Waals surface area contributed by atoms with Crippen LogP contribution in [-0.4, -0.2) is 31.2 Å². The fraction of sp³-hybridized carbons (Fsp3) is 0.350. The smallest absolute Gasteiger partial charge is 0.240 e. The Morgan fingerprint density at radius 2 is 1.96 bits per heavy atom. The fourth-order valence-electron chi connectivity index (χ4n) is 2.85. The lowest BCUT2D eigenvalue weighted by atomic mass is 10.1. The van der Waals surface area contributed by atoms with Gasteiger partial charge in [-0.05, 0) is 18.6 Å². The van der Waals surface area contributed by atoms with Gasteiger partial charge >= 0.3 is 0 Å². The Labute approximate surface area is 148 Å². The first kappa shape index (κ1) is 17.5. The maximum Gasteiger partial charge on any atom is 0.240 e. The monoisotopic (exact) mass is 340 g/mol. The van der Waals surface area contributed by atoms with Gasteiger partial charge in [-0.1, -0.05) is 48.5 Å². The molecule has 0 radical (unpaired) electrons. The highest BCUT2D eigenvalue weighted by molar-refractivity contribution is 5.82. The second kappa shape index (κ2) is 8.65. The summed E-state index contributed by atoms with van der Waals surface area (Å²) in [6.45, 7) is 4.17. The zero-order chi connectivity index (χ0) is 17.5. The normalized spacial score (nSPS) is 20.0. The molecule has 0 unspecified atom stereocenters. The molecule has 1 aliphatic heterocycles. The van der Waals surface area contributed by atoms with Gasteiger partial charge in [-0.3, -0.25) is 4.79 Å². The van der Waals surface area contributed by atoms with Crippen LogP contribution in [0, 0.1) is 0 Å². The number of rotatable bonds is 6. The first-order chi connectivity index (χ1) is 12.2. The van der Waals surface area contributed by atoms with E-state index in [0.717, 1.165) is 16.9 Å². The minimum atomic E-state index is -0.314. The van der Waals surface area contributed by atoms with Crippen molar-refractivity contribution in [2.24, 2.45) is 0 Å². The van der Waals surface area contributed by atoms with E-state index in [4.69, 9.17) is 9.47 Å². The average molecular weight is 340 g/mol. The molecular weight excluding hydrogens is 316 g/mol. The molecule has 2 atom stereocenters. The van der Waals surface area contributed by atoms with Crippen molar-refractivity contribution in [3.8, 4) is 5.75 Å². The summed E-state index contributed by atoms with van der Waals surface area (Å²) in [5, 5.41) is 6.17. The molecule has 3 rings (SSSR count). The number of hydrogen-bond acceptors (Lipinski definition) is 4. The van der Waals surface area contributed by atoms with Crippen LogP contribution in [0.3, 0.4) is 0 Å². The van der Waals surface area contributed by atoms with Crippen LogP contribution in [0.15, 0.2) is 54.6 Å². The number of benzene rings is 2. The molecule has 2 N–H and O–H groups in total. The summed E-state index contributed by atoms with van der Waals surface area (Å²) in [6, 6.07) is 17.5. The molecule has 5 heteroatoms. The Morgan fingerprint density at radius 1 is 1.20 bits per heavy atom. The summed E-state index contributed by atoms with van der Waals surface area (Å²) in [7, 11) is 0. The predicted octanol–water partition coefficient (Wildman–Crippen LogP) is 2.26. The molecule has 132 valence electrons. The van der Waals surface area contributed by atoms with Crippen LogP contribution in [0.1, 0.15) is 18.1 Å². The number of ether oxygens (including phenoxy) is 2. The fourth-order valence-corrected chi connectivity index (χ4v) is 2.85. The van der Waals surface area contributed by atoms with Crippen molar-refractivity contribution >= 4 is 5.91 Å². The lowest BCUT2D eigenvalue weighted by Gasteiger charge is -2.29. The molecule has 0 saturated carbocycles. The Hall–Kier alpha value is -2.37. The minimum absolute atomic E-state index is 0.0509. The zero-order valence-electron chi connectivity index (χ0n) is 14.4. The second-order valence-electron chi connectivity index (χ2n) is 6.11. The molecule has 0 aliphatic carbocycles. The topological polar surface area (TPSA) is 59.6 Å². The van der Waals surface area contributed by atoms with E-state index in [1.54, 1.807) is 0 Å². The summed E-state index contributed by atoms with van der Waals surface area (Å²) in [5.74, 6) is 0.734. The number of amides is 1. The van der Waals surface area contributed by atoms with E-state index in [-0.39, 0.29) is 18.1 Å². The number of morpholine rings is 1. The summed E-state index contributed by atoms with van der Waals surface area (Å²) in [5.41, 5.74) is 2.06. The molecular formula is C20H24N2O3. The maximum absolute atomic E-state index is 12.4. The van der Waals surface area contributed by atoms with Crippen molar-refractivity contribution in [3.05, 3.63) is 65.7 Å². The standard InChI is InChI=1S/C20H24N2O3/c1-15-19(21-11-12-24-15)20(23)22-13-17-9-5-6-10-18(17)25-14-16-7-3-2-4-8-16/h2-10,15,19,21H,11-14H2,1H3,(H,22,23)/t15-,19+/m1/s1. The van der Waals surface area contributed by atoms with Gasteiger partial charge in [0.15, 0.2) is 0 Å². The van der Waals surface area contributed by atoms with E-state index < -0.39 is 0 Å². The van der Waals surface area contributed by atoms with Crippen molar-refractivity contribution in [2.45, 2.75) is 32.2 Å². The summed E-state index contributed by atoms with van der Waals surface area (Å²) in [4.78, 5) is 12.4. The van der Waals surface area contributed by atoms with Gasteiger partial charge < -0.3 is 20.1 Å². The molecule has 1 saturated heterocycles. The van der Waals surface area contributed by atoms with E-state index in [2.05, 4.69) is 10.6 Å². The van der Waals surface area contributed by atoms with Gasteiger partial charge in [0.2, 0.25) is 5.91 Å². The lowest BCUT2D eigenvalue weighted by Crippen LogP contribution is -2.55. The van der Waals surface area contributed by atoms with Crippen molar-refractivity contribution in [2.75, 3.05) is 13.2 Å². The van der Waals surface area contributed by atoms with Crippen LogP contribution in [-0.2, 0) is 22.7 Å². The molecule has 1 amide bonds. The molecule has 0 aromatic heterocycles. The Bertz CT molecular complexity index is 690. The zero-order valence-corrected chi connectivity index (χ0v) is 14.4. The molecule has 2 aromatic carbocycles. The van der Waals surface area contributed by atoms with Gasteiger partial charge in [-0.25, -0.2) is 0 Å². The molecule has 1 aliphatic rings. The van der Waals surface area contributed by atoms with E-state index in [9.17, 15) is 4.79 Å². The number of para-hydroxylation sites is 1. The van der Waals surface area contributed by atoms with Gasteiger partial charge in [0.05, 0.1) is 12.7 Å². The van der Waals surface area contributed by atoms with E-state index in [1.165, 1.54) is 0 Å². The minimum Gasteiger partial charge on any atom is -0.489 e. The molecule has 0 spiro atoms. The first-order valence-electron chi connectivity index (χ1n) is 8.61. The highest BCUT2D eigenvalue weighted by Gasteiger charge is 2.28. The molecule has 2 aromatic rings. The third-order valence-corrected chi connectivity index (χ3v) is 4.26. The van der Waals surface area contributed by atoms with Crippen LogP contribution in [0.4, 0.5) is 0 Å². The molecule has 5 nitrogen and oxygen atoms in total. The molecule has 25 heavy (non-hydrogen) atoms. The quantitative estimate of drug-likeness (QED) is 0.847. The average Bonchev–Trinajstić information content (AvgIpc) is 2.66. The van der Waals surface area contributed by atoms with Gasteiger partial charge in [-0.2, -0.15) is 0 Å². The Morgan fingerprint density at radius 3 is 2.76 bits per heavy atom. The summed E-state index contributed by atoms with van der Waals surface area (Å²) >= 11 is 0. The van der Waals surface area contributed by atoms with Crippen LogP contribution in [0.25, 0.3) is 0 Å². The van der Waals surface area contributed by atoms with Crippen LogP contribution < -0.4 is 15.4 Å². The third kappa shape index (κ3) is 4.81. The molecule has 1 fully saturated rings. The van der Waals surface area contributed by atoms with Gasteiger partial charge in [0.25, 0.3) is 0 Å². The predicted molar refractivity (Wildman–Crippen MR) is 96.3 cm³/mol. The first-order valence-corrected chi connectivity index (χ1v) is 8.61. The number of nitrogens with one attached hydrogen (secondary N) is 2. The molecule has 1 heterocycles. The summed E-state index contributed by atoms with van der Waals surface area (Å²) in [6.07, 6.45) is -0.127. The van der Waals surface area contributed by atoms with Crippen molar-refractivity contribution in [3.63, 3.8) is 0 Å². The number of carbonyl (C=O) groups is 1. The highest BCUT2D eigenvalue weighted by Crippen LogP contribution is 2.19. The van der Waals surface area contributed by atoms with Gasteiger partial charge in [-0.15, -0.1) is 0 Å². The van der Waals surface area contributed by atoms with E-state index in [1.807, 2.05) is 61.5 Å². The van der Waals surface area contributed by atoms with E-state index in [0.29, 0.717) is 26.3 Å². The number of hydrogen-bond donors (Lipinski definition) is 2. The van der Waals surface area contributed by atoms with Crippen LogP contribution in [0.5, 0.6) is 5.75 Å². The van der Waals surface area contributed by atoms with Crippen LogP contribution >= 0.6 is 0 Å². The number of carbonyl (C=O) groups excluding carboxylic acids is 1. The third-order valence-electron chi connectivity index (χ3n) is 4.26. The maximum atomic E-state index is 12.4. The SMILES string of the molecule is C[C@H]1OCCN[C@@H]1C(=O)NCc1ccccc1OCc1ccccc1. The van der Waals surface area contributed by atoms with Crippen LogP contribution in [0.2, 0.25) is 0 Å². The summed E-state index contributed by atoms with van der Waals surface area (Å²) < 4.78 is 11.5. The van der Waals surface area contributed by atoms with Crippen molar-refractivity contribution in [1.29, 1.82) is 0 Å². The largest absolute Gasteiger partial charge is 0.489 e. The van der Waals surface area contributed by atoms with E-state index >= 15 is 0 Å².